The minimum absolute atomic E-state index is 0.163. The second-order valence-corrected chi connectivity index (χ2v) is 5.84. The molecule has 2 heterocycles. The van der Waals surface area contributed by atoms with Gasteiger partial charge in [0.05, 0.1) is 5.52 Å². The van der Waals surface area contributed by atoms with E-state index in [9.17, 15) is 9.90 Å². The molecule has 4 N–H and O–H groups in total. The zero-order chi connectivity index (χ0) is 16.8. The number of aromatic amines is 1. The molecule has 0 fully saturated rings. The van der Waals surface area contributed by atoms with Crippen molar-refractivity contribution in [3.05, 3.63) is 64.1 Å². The van der Waals surface area contributed by atoms with Crippen LogP contribution < -0.4 is 11.4 Å². The van der Waals surface area contributed by atoms with Crippen LogP contribution in [0.5, 0.6) is 5.75 Å². The fourth-order valence-electron chi connectivity index (χ4n) is 3.08. The second kappa shape index (κ2) is 5.21. The van der Waals surface area contributed by atoms with Gasteiger partial charge in [-0.05, 0) is 47.9 Å². The summed E-state index contributed by atoms with van der Waals surface area (Å²) >= 11 is 0. The summed E-state index contributed by atoms with van der Waals surface area (Å²) in [6.45, 7) is 2.35. The number of nitrogens with two attached hydrogens (primary N) is 1. The third kappa shape index (κ3) is 2.08. The Morgan fingerprint density at radius 3 is 2.88 bits per heavy atom. The summed E-state index contributed by atoms with van der Waals surface area (Å²) in [5, 5.41) is 17.8. The number of aromatic hydroxyl groups is 1. The van der Waals surface area contributed by atoms with Crippen molar-refractivity contribution in [3.63, 3.8) is 0 Å². The van der Waals surface area contributed by atoms with E-state index in [1.165, 1.54) is 4.40 Å². The van der Waals surface area contributed by atoms with Crippen LogP contribution in [0.15, 0.2) is 47.3 Å². The number of rotatable bonds is 2. The Kier molecular flexibility index (Phi) is 3.14. The number of nitrogens with zero attached hydrogens (tertiary/aromatic N) is 2. The SMILES string of the molecule is Cc1cc2n[nH]c(=O)n2c2cc(-c3cccc(CN)c3)c(O)cc12. The molecular weight excluding hydrogens is 304 g/mol. The summed E-state index contributed by atoms with van der Waals surface area (Å²) in [6, 6.07) is 13.0. The van der Waals surface area contributed by atoms with E-state index in [1.807, 2.05) is 43.3 Å². The molecule has 4 rings (SSSR count). The number of nitrogens with one attached hydrogen (secondary N) is 1. The van der Waals surface area contributed by atoms with Crippen molar-refractivity contribution in [2.45, 2.75) is 13.5 Å². The first-order valence-electron chi connectivity index (χ1n) is 7.61. The maximum absolute atomic E-state index is 12.1. The van der Waals surface area contributed by atoms with Gasteiger partial charge in [-0.1, -0.05) is 18.2 Å². The lowest BCUT2D eigenvalue weighted by Crippen LogP contribution is -2.10. The maximum Gasteiger partial charge on any atom is 0.348 e. The Labute approximate surface area is 137 Å². The van der Waals surface area contributed by atoms with E-state index in [-0.39, 0.29) is 11.4 Å². The number of aryl methyl sites for hydroxylation is 1. The summed E-state index contributed by atoms with van der Waals surface area (Å²) in [5.41, 5.74) is 10.1. The monoisotopic (exact) mass is 320 g/mol. The van der Waals surface area contributed by atoms with Crippen LogP contribution in [-0.2, 0) is 6.54 Å². The van der Waals surface area contributed by atoms with Crippen molar-refractivity contribution in [2.24, 2.45) is 5.73 Å². The Morgan fingerprint density at radius 2 is 2.08 bits per heavy atom. The quantitative estimate of drug-likeness (QED) is 0.528. The molecule has 6 heteroatoms. The highest BCUT2D eigenvalue weighted by Crippen LogP contribution is 2.34. The fraction of sp³-hybridized carbons (Fsp3) is 0.111. The normalized spacial score (nSPS) is 11.4. The van der Waals surface area contributed by atoms with Crippen LogP contribution >= 0.6 is 0 Å². The van der Waals surface area contributed by atoms with Gasteiger partial charge in [0, 0.05) is 17.5 Å². The van der Waals surface area contributed by atoms with Crippen molar-refractivity contribution in [1.29, 1.82) is 0 Å². The van der Waals surface area contributed by atoms with E-state index in [1.54, 1.807) is 6.07 Å². The Hall–Kier alpha value is -3.12. The molecule has 0 radical (unpaired) electrons. The zero-order valence-electron chi connectivity index (χ0n) is 13.1. The number of pyridine rings is 1. The molecule has 0 spiro atoms. The lowest BCUT2D eigenvalue weighted by atomic mass is 9.99. The molecule has 2 aromatic carbocycles. The topological polar surface area (TPSA) is 96.4 Å². The van der Waals surface area contributed by atoms with Gasteiger partial charge in [-0.15, -0.1) is 0 Å². The number of phenols is 1. The molecular formula is C18H16N4O2. The molecule has 4 aromatic rings. The Balaban J connectivity index is 2.10. The molecule has 0 aliphatic heterocycles. The first-order chi connectivity index (χ1) is 11.6. The van der Waals surface area contributed by atoms with Gasteiger partial charge in [0.15, 0.2) is 5.65 Å². The van der Waals surface area contributed by atoms with E-state index >= 15 is 0 Å². The fourth-order valence-corrected chi connectivity index (χ4v) is 3.08. The van der Waals surface area contributed by atoms with Gasteiger partial charge >= 0.3 is 5.69 Å². The van der Waals surface area contributed by atoms with Crippen LogP contribution in [0, 0.1) is 6.92 Å². The van der Waals surface area contributed by atoms with Crippen LogP contribution in [0.1, 0.15) is 11.1 Å². The molecule has 0 bridgehead atoms. The summed E-state index contributed by atoms with van der Waals surface area (Å²) in [5.74, 6) is 0.163. The summed E-state index contributed by atoms with van der Waals surface area (Å²) in [7, 11) is 0. The molecule has 0 amide bonds. The van der Waals surface area contributed by atoms with Gasteiger partial charge in [-0.3, -0.25) is 0 Å². The molecule has 0 atom stereocenters. The lowest BCUT2D eigenvalue weighted by Gasteiger charge is -2.11. The lowest BCUT2D eigenvalue weighted by molar-refractivity contribution is 0.478. The number of hydrogen-bond donors (Lipinski definition) is 3. The number of hydrogen-bond acceptors (Lipinski definition) is 4. The average molecular weight is 320 g/mol. The molecule has 120 valence electrons. The number of fused-ring (bicyclic) bond motifs is 3. The van der Waals surface area contributed by atoms with Crippen LogP contribution in [0.25, 0.3) is 27.7 Å². The van der Waals surface area contributed by atoms with E-state index in [0.717, 1.165) is 22.1 Å². The molecule has 6 nitrogen and oxygen atoms in total. The van der Waals surface area contributed by atoms with Crippen LogP contribution in [0.2, 0.25) is 0 Å². The van der Waals surface area contributed by atoms with E-state index in [4.69, 9.17) is 5.73 Å². The highest BCUT2D eigenvalue weighted by Gasteiger charge is 2.13. The van der Waals surface area contributed by atoms with Gasteiger partial charge in [0.2, 0.25) is 0 Å². The van der Waals surface area contributed by atoms with Crippen LogP contribution in [-0.4, -0.2) is 19.7 Å². The molecule has 0 unspecified atom stereocenters. The molecule has 2 aromatic heterocycles. The highest BCUT2D eigenvalue weighted by atomic mass is 16.3. The third-order valence-corrected chi connectivity index (χ3v) is 4.30. The minimum Gasteiger partial charge on any atom is -0.507 e. The third-order valence-electron chi connectivity index (χ3n) is 4.30. The highest BCUT2D eigenvalue weighted by molar-refractivity contribution is 5.92. The van der Waals surface area contributed by atoms with Crippen molar-refractivity contribution in [3.8, 4) is 16.9 Å². The molecule has 0 saturated carbocycles. The summed E-state index contributed by atoms with van der Waals surface area (Å²) < 4.78 is 1.51. The predicted octanol–water partition coefficient (Wildman–Crippen LogP) is 2.32. The standard InChI is InChI=1S/C18H16N4O2/c1-10-5-17-20-21-18(24)22(17)15-7-14(16(23)8-13(10)15)12-4-2-3-11(6-12)9-19/h2-8,23H,9,19H2,1H3,(H,21,24). The largest absolute Gasteiger partial charge is 0.507 e. The number of aromatic nitrogens is 3. The van der Waals surface area contributed by atoms with Crippen LogP contribution in [0.3, 0.4) is 0 Å². The van der Waals surface area contributed by atoms with Crippen LogP contribution in [0.4, 0.5) is 0 Å². The minimum atomic E-state index is -0.303. The average Bonchev–Trinajstić information content (AvgIpc) is 2.95. The number of benzene rings is 2. The smallest absolute Gasteiger partial charge is 0.348 e. The van der Waals surface area contributed by atoms with E-state index in [2.05, 4.69) is 10.2 Å². The van der Waals surface area contributed by atoms with Crippen molar-refractivity contribution < 1.29 is 5.11 Å². The van der Waals surface area contributed by atoms with Gasteiger partial charge in [0.25, 0.3) is 0 Å². The summed E-state index contributed by atoms with van der Waals surface area (Å²) in [6.07, 6.45) is 0. The Bertz CT molecular complexity index is 1140. The van der Waals surface area contributed by atoms with Crippen molar-refractivity contribution >= 4 is 16.6 Å². The molecule has 0 aliphatic carbocycles. The molecule has 0 aliphatic rings. The number of H-pyrrole nitrogens is 1. The van der Waals surface area contributed by atoms with Gasteiger partial charge in [-0.25, -0.2) is 14.3 Å². The van der Waals surface area contributed by atoms with Crippen molar-refractivity contribution in [2.75, 3.05) is 0 Å². The second-order valence-electron chi connectivity index (χ2n) is 5.84. The van der Waals surface area contributed by atoms with Gasteiger partial charge in [0.1, 0.15) is 5.75 Å². The van der Waals surface area contributed by atoms with Crippen molar-refractivity contribution in [1.82, 2.24) is 14.6 Å². The van der Waals surface area contributed by atoms with Gasteiger partial charge in [-0.2, -0.15) is 5.10 Å². The number of phenolic OH excluding ortho intramolecular Hbond substituents is 1. The first-order valence-corrected chi connectivity index (χ1v) is 7.61. The maximum atomic E-state index is 12.1. The van der Waals surface area contributed by atoms with E-state index < -0.39 is 0 Å². The van der Waals surface area contributed by atoms with Gasteiger partial charge < -0.3 is 10.8 Å². The first kappa shape index (κ1) is 14.5. The van der Waals surface area contributed by atoms with E-state index in [0.29, 0.717) is 23.3 Å². The zero-order valence-corrected chi connectivity index (χ0v) is 13.1. The Morgan fingerprint density at radius 1 is 1.25 bits per heavy atom. The predicted molar refractivity (Wildman–Crippen MR) is 93.0 cm³/mol. The molecule has 24 heavy (non-hydrogen) atoms. The summed E-state index contributed by atoms with van der Waals surface area (Å²) in [4.78, 5) is 12.1. The molecule has 0 saturated heterocycles.